The lowest BCUT2D eigenvalue weighted by Gasteiger charge is -2.44. The van der Waals surface area contributed by atoms with Crippen LogP contribution in [0.3, 0.4) is 0 Å². The van der Waals surface area contributed by atoms with Crippen molar-refractivity contribution < 1.29 is 4.79 Å². The average molecular weight is 305 g/mol. The number of likely N-dealkylation sites (tertiary alicyclic amines) is 1. The fourth-order valence-corrected chi connectivity index (χ4v) is 3.69. The number of carbonyl (C=O) groups excluding carboxylic acids is 1. The van der Waals surface area contributed by atoms with E-state index in [0.29, 0.717) is 5.91 Å². The van der Waals surface area contributed by atoms with Crippen LogP contribution in [0.25, 0.3) is 0 Å². The van der Waals surface area contributed by atoms with E-state index in [-0.39, 0.29) is 11.5 Å². The SMILES string of the molecule is CSCCC(C(=O)N1CCCCC1(C)C)c1ccccc1. The molecule has 21 heavy (non-hydrogen) atoms. The van der Waals surface area contributed by atoms with Gasteiger partial charge in [-0.05, 0) is 57.1 Å². The number of hydrogen-bond acceptors (Lipinski definition) is 2. The molecule has 1 aromatic rings. The Labute approximate surface area is 133 Å². The summed E-state index contributed by atoms with van der Waals surface area (Å²) in [4.78, 5) is 15.3. The highest BCUT2D eigenvalue weighted by Crippen LogP contribution is 2.32. The Balaban J connectivity index is 2.21. The third-order valence-electron chi connectivity index (χ3n) is 4.53. The molecule has 0 spiro atoms. The van der Waals surface area contributed by atoms with Crippen LogP contribution >= 0.6 is 11.8 Å². The van der Waals surface area contributed by atoms with Gasteiger partial charge in [-0.15, -0.1) is 0 Å². The van der Waals surface area contributed by atoms with Crippen molar-refractivity contribution in [1.82, 2.24) is 4.90 Å². The molecular formula is C18H27NOS. The molecule has 0 bridgehead atoms. The molecule has 1 heterocycles. The van der Waals surface area contributed by atoms with E-state index in [2.05, 4.69) is 37.1 Å². The average Bonchev–Trinajstić information content (AvgIpc) is 2.48. The zero-order valence-corrected chi connectivity index (χ0v) is 14.3. The van der Waals surface area contributed by atoms with Crippen LogP contribution in [0.2, 0.25) is 0 Å². The maximum atomic E-state index is 13.1. The Morgan fingerprint density at radius 2 is 2.00 bits per heavy atom. The first-order chi connectivity index (χ1) is 10.1. The van der Waals surface area contributed by atoms with Gasteiger partial charge in [0.2, 0.25) is 5.91 Å². The van der Waals surface area contributed by atoms with E-state index in [0.717, 1.165) is 37.1 Å². The third-order valence-corrected chi connectivity index (χ3v) is 5.17. The van der Waals surface area contributed by atoms with Crippen molar-refractivity contribution in [2.45, 2.75) is 51.0 Å². The lowest BCUT2D eigenvalue weighted by atomic mass is 9.87. The van der Waals surface area contributed by atoms with E-state index in [1.54, 1.807) is 0 Å². The molecule has 1 unspecified atom stereocenters. The summed E-state index contributed by atoms with van der Waals surface area (Å²) in [5.41, 5.74) is 1.17. The second kappa shape index (κ2) is 7.35. The second-order valence-electron chi connectivity index (χ2n) is 6.50. The maximum Gasteiger partial charge on any atom is 0.230 e. The van der Waals surface area contributed by atoms with Gasteiger partial charge in [0, 0.05) is 12.1 Å². The van der Waals surface area contributed by atoms with Crippen molar-refractivity contribution in [3.8, 4) is 0 Å². The molecular weight excluding hydrogens is 278 g/mol. The Bertz CT molecular complexity index is 458. The number of amides is 1. The fraction of sp³-hybridized carbons (Fsp3) is 0.611. The van der Waals surface area contributed by atoms with E-state index < -0.39 is 0 Å². The Hall–Kier alpha value is -0.960. The zero-order valence-electron chi connectivity index (χ0n) is 13.5. The second-order valence-corrected chi connectivity index (χ2v) is 7.49. The number of hydrogen-bond donors (Lipinski definition) is 0. The largest absolute Gasteiger partial charge is 0.337 e. The zero-order chi connectivity index (χ0) is 15.3. The van der Waals surface area contributed by atoms with Crippen LogP contribution in [0, 0.1) is 0 Å². The van der Waals surface area contributed by atoms with Gasteiger partial charge in [0.15, 0.2) is 0 Å². The molecule has 2 rings (SSSR count). The quantitative estimate of drug-likeness (QED) is 0.807. The minimum absolute atomic E-state index is 0.00171. The van der Waals surface area contributed by atoms with E-state index in [1.807, 2.05) is 30.0 Å². The van der Waals surface area contributed by atoms with Gasteiger partial charge in [0.25, 0.3) is 0 Å². The molecule has 3 heteroatoms. The van der Waals surface area contributed by atoms with Crippen molar-refractivity contribution >= 4 is 17.7 Å². The lowest BCUT2D eigenvalue weighted by molar-refractivity contribution is -0.140. The van der Waals surface area contributed by atoms with Crippen molar-refractivity contribution in [3.63, 3.8) is 0 Å². The fourth-order valence-electron chi connectivity index (χ4n) is 3.22. The van der Waals surface area contributed by atoms with Crippen molar-refractivity contribution in [1.29, 1.82) is 0 Å². The highest BCUT2D eigenvalue weighted by molar-refractivity contribution is 7.98. The highest BCUT2D eigenvalue weighted by atomic mass is 32.2. The van der Waals surface area contributed by atoms with Crippen LogP contribution in [0.1, 0.15) is 51.0 Å². The molecule has 2 nitrogen and oxygen atoms in total. The van der Waals surface area contributed by atoms with Crippen LogP contribution < -0.4 is 0 Å². The highest BCUT2D eigenvalue weighted by Gasteiger charge is 2.36. The van der Waals surface area contributed by atoms with Crippen molar-refractivity contribution in [3.05, 3.63) is 35.9 Å². The summed E-state index contributed by atoms with van der Waals surface area (Å²) in [5.74, 6) is 1.36. The van der Waals surface area contributed by atoms with Crippen LogP contribution in [-0.2, 0) is 4.79 Å². The molecule has 0 saturated carbocycles. The maximum absolute atomic E-state index is 13.1. The molecule has 1 fully saturated rings. The number of rotatable bonds is 5. The molecule has 116 valence electrons. The van der Waals surface area contributed by atoms with Gasteiger partial charge in [0.05, 0.1) is 5.92 Å². The van der Waals surface area contributed by atoms with Crippen molar-refractivity contribution in [2.24, 2.45) is 0 Å². The number of carbonyl (C=O) groups is 1. The summed E-state index contributed by atoms with van der Waals surface area (Å²) in [5, 5.41) is 0. The van der Waals surface area contributed by atoms with E-state index in [1.165, 1.54) is 6.42 Å². The number of nitrogens with zero attached hydrogens (tertiary/aromatic N) is 1. The van der Waals surface area contributed by atoms with Crippen LogP contribution in [-0.4, -0.2) is 34.9 Å². The summed E-state index contributed by atoms with van der Waals surface area (Å²) < 4.78 is 0. The van der Waals surface area contributed by atoms with Crippen molar-refractivity contribution in [2.75, 3.05) is 18.6 Å². The Morgan fingerprint density at radius 3 is 2.62 bits per heavy atom. The minimum atomic E-state index is 0.00171. The smallest absolute Gasteiger partial charge is 0.230 e. The first kappa shape index (κ1) is 16.4. The lowest BCUT2D eigenvalue weighted by Crippen LogP contribution is -2.52. The molecule has 1 atom stereocenters. The van der Waals surface area contributed by atoms with Crippen LogP contribution in [0.5, 0.6) is 0 Å². The standard InChI is InChI=1S/C18H27NOS/c1-18(2)12-7-8-13-19(18)17(20)16(11-14-21-3)15-9-5-4-6-10-15/h4-6,9-10,16H,7-8,11-14H2,1-3H3. The summed E-state index contributed by atoms with van der Waals surface area (Å²) >= 11 is 1.82. The van der Waals surface area contributed by atoms with E-state index >= 15 is 0 Å². The van der Waals surface area contributed by atoms with Gasteiger partial charge < -0.3 is 4.90 Å². The van der Waals surface area contributed by atoms with Gasteiger partial charge >= 0.3 is 0 Å². The monoisotopic (exact) mass is 305 g/mol. The molecule has 1 aromatic carbocycles. The normalized spacial score (nSPS) is 19.3. The van der Waals surface area contributed by atoms with Gasteiger partial charge in [0.1, 0.15) is 0 Å². The molecule has 1 saturated heterocycles. The molecule has 0 N–H and O–H groups in total. The first-order valence-electron chi connectivity index (χ1n) is 7.91. The summed E-state index contributed by atoms with van der Waals surface area (Å²) in [6.07, 6.45) is 6.52. The molecule has 1 aliphatic heterocycles. The van der Waals surface area contributed by atoms with Crippen LogP contribution in [0.4, 0.5) is 0 Å². The summed E-state index contributed by atoms with van der Waals surface area (Å²) in [6, 6.07) is 10.3. The topological polar surface area (TPSA) is 20.3 Å². The summed E-state index contributed by atoms with van der Waals surface area (Å²) in [7, 11) is 0. The van der Waals surface area contributed by atoms with Gasteiger partial charge in [-0.1, -0.05) is 30.3 Å². The van der Waals surface area contributed by atoms with E-state index in [4.69, 9.17) is 0 Å². The first-order valence-corrected chi connectivity index (χ1v) is 9.31. The number of thioether (sulfide) groups is 1. The number of benzene rings is 1. The molecule has 0 aliphatic carbocycles. The van der Waals surface area contributed by atoms with Crippen LogP contribution in [0.15, 0.2) is 30.3 Å². The molecule has 0 radical (unpaired) electrons. The minimum Gasteiger partial charge on any atom is -0.337 e. The van der Waals surface area contributed by atoms with Gasteiger partial charge in [-0.25, -0.2) is 0 Å². The Kier molecular flexibility index (Phi) is 5.74. The summed E-state index contributed by atoms with van der Waals surface area (Å²) in [6.45, 7) is 5.33. The molecule has 1 amide bonds. The molecule has 0 aromatic heterocycles. The Morgan fingerprint density at radius 1 is 1.29 bits per heavy atom. The van der Waals surface area contributed by atoms with Gasteiger partial charge in [-0.2, -0.15) is 11.8 Å². The molecule has 1 aliphatic rings. The third kappa shape index (κ3) is 4.03. The predicted molar refractivity (Wildman–Crippen MR) is 91.8 cm³/mol. The van der Waals surface area contributed by atoms with Gasteiger partial charge in [-0.3, -0.25) is 4.79 Å². The number of piperidine rings is 1. The predicted octanol–water partition coefficient (Wildman–Crippen LogP) is 4.31. The van der Waals surface area contributed by atoms with E-state index in [9.17, 15) is 4.79 Å².